The van der Waals surface area contributed by atoms with Gasteiger partial charge in [0.05, 0.1) is 12.5 Å². The van der Waals surface area contributed by atoms with E-state index in [1.165, 1.54) is 30.2 Å². The van der Waals surface area contributed by atoms with Crippen molar-refractivity contribution in [3.63, 3.8) is 0 Å². The van der Waals surface area contributed by atoms with Gasteiger partial charge in [0.25, 0.3) is 5.56 Å². The number of aromatic nitrogens is 2. The standard InChI is InChI=1S/C16H22N2O3S2/c1-8(2)7-18-14(19)12-9(3)10(4)22-13(12)17-16(18)23-11(5)15(20)21-6/h8,11H,7H2,1-6H3/t11-/m0/s1. The molecule has 0 bridgehead atoms. The van der Waals surface area contributed by atoms with E-state index in [9.17, 15) is 9.59 Å². The highest BCUT2D eigenvalue weighted by atomic mass is 32.2. The van der Waals surface area contributed by atoms with Gasteiger partial charge in [0.2, 0.25) is 0 Å². The summed E-state index contributed by atoms with van der Waals surface area (Å²) < 4.78 is 6.46. The summed E-state index contributed by atoms with van der Waals surface area (Å²) in [5, 5.41) is 0.864. The number of hydrogen-bond donors (Lipinski definition) is 0. The third-order valence-corrected chi connectivity index (χ3v) is 5.79. The molecule has 0 aliphatic rings. The molecule has 126 valence electrons. The van der Waals surface area contributed by atoms with Crippen molar-refractivity contribution in [3.8, 4) is 0 Å². The van der Waals surface area contributed by atoms with E-state index in [1.807, 2.05) is 13.8 Å². The maximum Gasteiger partial charge on any atom is 0.318 e. The molecule has 7 heteroatoms. The van der Waals surface area contributed by atoms with Gasteiger partial charge in [0.15, 0.2) is 5.16 Å². The van der Waals surface area contributed by atoms with E-state index in [0.29, 0.717) is 23.0 Å². The van der Waals surface area contributed by atoms with Crippen LogP contribution in [0.2, 0.25) is 0 Å². The van der Waals surface area contributed by atoms with Crippen LogP contribution in [0.25, 0.3) is 10.2 Å². The van der Waals surface area contributed by atoms with Gasteiger partial charge in [0, 0.05) is 11.4 Å². The van der Waals surface area contributed by atoms with Gasteiger partial charge in [-0.1, -0.05) is 25.6 Å². The van der Waals surface area contributed by atoms with E-state index in [-0.39, 0.29) is 11.5 Å². The highest BCUT2D eigenvalue weighted by Crippen LogP contribution is 2.30. The minimum atomic E-state index is -0.412. The fraction of sp³-hybridized carbons (Fsp3) is 0.562. The molecule has 0 unspecified atom stereocenters. The van der Waals surface area contributed by atoms with Gasteiger partial charge in [-0.05, 0) is 32.3 Å². The molecule has 0 spiro atoms. The van der Waals surface area contributed by atoms with Crippen LogP contribution in [-0.2, 0) is 16.1 Å². The highest BCUT2D eigenvalue weighted by molar-refractivity contribution is 8.00. The summed E-state index contributed by atoms with van der Waals surface area (Å²) in [7, 11) is 1.36. The second-order valence-corrected chi connectivity index (χ2v) is 8.46. The summed E-state index contributed by atoms with van der Waals surface area (Å²) in [5.41, 5.74) is 0.975. The molecular weight excluding hydrogens is 332 g/mol. The Balaban J connectivity index is 2.61. The summed E-state index contributed by atoms with van der Waals surface area (Å²) >= 11 is 2.79. The van der Waals surface area contributed by atoms with Crippen molar-refractivity contribution < 1.29 is 9.53 Å². The van der Waals surface area contributed by atoms with Crippen molar-refractivity contribution in [1.82, 2.24) is 9.55 Å². The van der Waals surface area contributed by atoms with Gasteiger partial charge in [0.1, 0.15) is 10.1 Å². The number of nitrogens with zero attached hydrogens (tertiary/aromatic N) is 2. The van der Waals surface area contributed by atoms with Crippen LogP contribution in [0.4, 0.5) is 0 Å². The van der Waals surface area contributed by atoms with Gasteiger partial charge in [-0.15, -0.1) is 11.3 Å². The Bertz CT molecular complexity index is 793. The fourth-order valence-corrected chi connectivity index (χ4v) is 4.31. The number of ether oxygens (including phenoxy) is 1. The fourth-order valence-electron chi connectivity index (χ4n) is 2.30. The van der Waals surface area contributed by atoms with Crippen molar-refractivity contribution in [2.45, 2.75) is 51.6 Å². The molecule has 0 N–H and O–H groups in total. The summed E-state index contributed by atoms with van der Waals surface area (Å²) in [6.45, 7) is 10.4. The van der Waals surface area contributed by atoms with Crippen molar-refractivity contribution in [2.75, 3.05) is 7.11 Å². The molecule has 2 rings (SSSR count). The lowest BCUT2D eigenvalue weighted by atomic mass is 10.2. The zero-order valence-corrected chi connectivity index (χ0v) is 15.9. The summed E-state index contributed by atoms with van der Waals surface area (Å²) in [4.78, 5) is 31.1. The number of aryl methyl sites for hydroxylation is 2. The molecule has 0 aliphatic heterocycles. The number of carbonyl (C=O) groups is 1. The molecule has 5 nitrogen and oxygen atoms in total. The Morgan fingerprint density at radius 1 is 1.35 bits per heavy atom. The Labute approximate surface area is 144 Å². The SMILES string of the molecule is COC(=O)[C@H](C)Sc1nc2sc(C)c(C)c2c(=O)n1CC(C)C. The molecule has 0 aliphatic carbocycles. The van der Waals surface area contributed by atoms with Crippen molar-refractivity contribution in [3.05, 3.63) is 20.8 Å². The zero-order chi connectivity index (χ0) is 17.3. The normalized spacial score (nSPS) is 12.8. The van der Waals surface area contributed by atoms with E-state index in [0.717, 1.165) is 15.3 Å². The average Bonchev–Trinajstić information content (AvgIpc) is 2.76. The van der Waals surface area contributed by atoms with Gasteiger partial charge in [-0.2, -0.15) is 0 Å². The van der Waals surface area contributed by atoms with E-state index < -0.39 is 5.25 Å². The van der Waals surface area contributed by atoms with Crippen LogP contribution in [0.5, 0.6) is 0 Å². The minimum Gasteiger partial charge on any atom is -0.468 e. The average molecular weight is 354 g/mol. The van der Waals surface area contributed by atoms with Crippen LogP contribution in [0.1, 0.15) is 31.2 Å². The first-order valence-electron chi connectivity index (χ1n) is 7.51. The van der Waals surface area contributed by atoms with Crippen LogP contribution in [-0.4, -0.2) is 27.9 Å². The molecule has 2 aromatic heterocycles. The van der Waals surface area contributed by atoms with Gasteiger partial charge in [-0.3, -0.25) is 14.2 Å². The van der Waals surface area contributed by atoms with E-state index in [1.54, 1.807) is 11.5 Å². The van der Waals surface area contributed by atoms with Crippen LogP contribution < -0.4 is 5.56 Å². The molecule has 0 aromatic carbocycles. The number of thioether (sulfide) groups is 1. The number of esters is 1. The van der Waals surface area contributed by atoms with Crippen molar-refractivity contribution >= 4 is 39.3 Å². The largest absolute Gasteiger partial charge is 0.468 e. The van der Waals surface area contributed by atoms with Crippen LogP contribution in [0.15, 0.2) is 9.95 Å². The maximum absolute atomic E-state index is 12.9. The molecule has 0 radical (unpaired) electrons. The second kappa shape index (κ2) is 7.05. The van der Waals surface area contributed by atoms with Gasteiger partial charge in [-0.25, -0.2) is 4.98 Å². The van der Waals surface area contributed by atoms with Crippen molar-refractivity contribution in [2.24, 2.45) is 5.92 Å². The van der Waals surface area contributed by atoms with Gasteiger partial charge < -0.3 is 4.74 Å². The monoisotopic (exact) mass is 354 g/mol. The predicted molar refractivity (Wildman–Crippen MR) is 95.5 cm³/mol. The quantitative estimate of drug-likeness (QED) is 0.468. The minimum absolute atomic E-state index is 0.0230. The number of thiophene rings is 1. The second-order valence-electron chi connectivity index (χ2n) is 5.95. The van der Waals surface area contributed by atoms with Crippen LogP contribution in [0, 0.1) is 19.8 Å². The Kier molecular flexibility index (Phi) is 5.52. The Morgan fingerprint density at radius 3 is 2.57 bits per heavy atom. The lowest BCUT2D eigenvalue weighted by Gasteiger charge is -2.16. The lowest BCUT2D eigenvalue weighted by Crippen LogP contribution is -2.27. The molecule has 23 heavy (non-hydrogen) atoms. The van der Waals surface area contributed by atoms with E-state index in [4.69, 9.17) is 4.74 Å². The Morgan fingerprint density at radius 2 is 2.00 bits per heavy atom. The molecule has 1 atom stereocenters. The van der Waals surface area contributed by atoms with E-state index in [2.05, 4.69) is 18.8 Å². The zero-order valence-electron chi connectivity index (χ0n) is 14.3. The smallest absolute Gasteiger partial charge is 0.318 e. The molecule has 2 aromatic rings. The number of methoxy groups -OCH3 is 1. The summed E-state index contributed by atoms with van der Waals surface area (Å²) in [6.07, 6.45) is 0. The molecular formula is C16H22N2O3S2. The van der Waals surface area contributed by atoms with Crippen LogP contribution >= 0.6 is 23.1 Å². The van der Waals surface area contributed by atoms with Crippen molar-refractivity contribution in [1.29, 1.82) is 0 Å². The first kappa shape index (κ1) is 18.0. The predicted octanol–water partition coefficient (Wildman–Crippen LogP) is 3.38. The van der Waals surface area contributed by atoms with Crippen LogP contribution in [0.3, 0.4) is 0 Å². The highest BCUT2D eigenvalue weighted by Gasteiger charge is 2.22. The third kappa shape index (κ3) is 3.61. The lowest BCUT2D eigenvalue weighted by molar-refractivity contribution is -0.139. The third-order valence-electron chi connectivity index (χ3n) is 3.62. The number of carbonyl (C=O) groups excluding carboxylic acids is 1. The molecule has 0 amide bonds. The Hall–Kier alpha value is -1.34. The first-order valence-corrected chi connectivity index (χ1v) is 9.20. The molecule has 2 heterocycles. The number of hydrogen-bond acceptors (Lipinski definition) is 6. The number of rotatable bonds is 5. The van der Waals surface area contributed by atoms with E-state index >= 15 is 0 Å². The van der Waals surface area contributed by atoms with Gasteiger partial charge >= 0.3 is 5.97 Å². The molecule has 0 saturated carbocycles. The first-order chi connectivity index (χ1) is 10.8. The topological polar surface area (TPSA) is 61.2 Å². The summed E-state index contributed by atoms with van der Waals surface area (Å²) in [5.74, 6) is -0.0150. The molecule has 0 saturated heterocycles. The maximum atomic E-state index is 12.9. The summed E-state index contributed by atoms with van der Waals surface area (Å²) in [6, 6.07) is 0. The number of fused-ring (bicyclic) bond motifs is 1. The molecule has 0 fully saturated rings.